The van der Waals surface area contributed by atoms with Crippen molar-refractivity contribution in [2.75, 3.05) is 19.8 Å². The lowest BCUT2D eigenvalue weighted by Gasteiger charge is -2.33. The summed E-state index contributed by atoms with van der Waals surface area (Å²) in [5.41, 5.74) is 2.02. The van der Waals surface area contributed by atoms with E-state index in [1.54, 1.807) is 11.8 Å². The van der Waals surface area contributed by atoms with Gasteiger partial charge in [-0.2, -0.15) is 0 Å². The average Bonchev–Trinajstić information content (AvgIpc) is 3.22. The van der Waals surface area contributed by atoms with E-state index in [0.717, 1.165) is 16.5 Å². The molecule has 1 aliphatic rings. The Morgan fingerprint density at radius 3 is 3.08 bits per heavy atom. The lowest BCUT2D eigenvalue weighted by atomic mass is 10.1. The number of carbonyl (C=O) groups is 1. The number of nitrogens with zero attached hydrogens (tertiary/aromatic N) is 3. The number of ether oxygens (including phenoxy) is 1. The fourth-order valence-electron chi connectivity index (χ4n) is 3.10. The SMILES string of the molecule is Cc1nnc([C@@H]2COCCN2C(=O)Cc2c[nH]c3ccccc23)o1. The second kappa shape index (κ2) is 6.09. The van der Waals surface area contributed by atoms with E-state index >= 15 is 0 Å². The number of fused-ring (bicyclic) bond motifs is 1. The van der Waals surface area contributed by atoms with E-state index in [0.29, 0.717) is 38.0 Å². The molecule has 0 radical (unpaired) electrons. The van der Waals surface area contributed by atoms with Crippen LogP contribution in [0.3, 0.4) is 0 Å². The van der Waals surface area contributed by atoms with E-state index in [1.165, 1.54) is 0 Å². The first-order valence-corrected chi connectivity index (χ1v) is 7.94. The summed E-state index contributed by atoms with van der Waals surface area (Å²) >= 11 is 0. The van der Waals surface area contributed by atoms with Crippen LogP contribution in [0.4, 0.5) is 0 Å². The normalized spacial score (nSPS) is 18.2. The molecule has 3 aromatic rings. The van der Waals surface area contributed by atoms with Crippen molar-refractivity contribution >= 4 is 16.8 Å². The van der Waals surface area contributed by atoms with Gasteiger partial charge in [0.1, 0.15) is 6.04 Å². The molecule has 1 saturated heterocycles. The summed E-state index contributed by atoms with van der Waals surface area (Å²) in [4.78, 5) is 17.8. The van der Waals surface area contributed by atoms with Crippen molar-refractivity contribution < 1.29 is 13.9 Å². The Balaban J connectivity index is 1.57. The predicted octanol–water partition coefficient (Wildman–Crippen LogP) is 2.00. The predicted molar refractivity (Wildman–Crippen MR) is 86.3 cm³/mol. The van der Waals surface area contributed by atoms with Crippen LogP contribution in [-0.2, 0) is 16.0 Å². The molecule has 0 saturated carbocycles. The van der Waals surface area contributed by atoms with E-state index in [9.17, 15) is 4.79 Å². The summed E-state index contributed by atoms with van der Waals surface area (Å²) < 4.78 is 11.0. The van der Waals surface area contributed by atoms with Crippen molar-refractivity contribution in [1.29, 1.82) is 0 Å². The largest absolute Gasteiger partial charge is 0.423 e. The third-order valence-electron chi connectivity index (χ3n) is 4.29. The maximum absolute atomic E-state index is 12.9. The lowest BCUT2D eigenvalue weighted by molar-refractivity contribution is -0.140. The van der Waals surface area contributed by atoms with Crippen molar-refractivity contribution in [2.45, 2.75) is 19.4 Å². The zero-order valence-electron chi connectivity index (χ0n) is 13.4. The highest BCUT2D eigenvalue weighted by Crippen LogP contribution is 2.25. The molecule has 3 heterocycles. The molecule has 0 spiro atoms. The molecule has 7 nitrogen and oxygen atoms in total. The summed E-state index contributed by atoms with van der Waals surface area (Å²) in [6.45, 7) is 3.15. The Hall–Kier alpha value is -2.67. The molecule has 0 bridgehead atoms. The number of nitrogens with one attached hydrogen (secondary N) is 1. The Morgan fingerprint density at radius 1 is 1.38 bits per heavy atom. The van der Waals surface area contributed by atoms with Crippen molar-refractivity contribution in [3.8, 4) is 0 Å². The molecule has 1 aliphatic heterocycles. The molecule has 0 unspecified atom stereocenters. The first-order valence-electron chi connectivity index (χ1n) is 7.94. The number of aromatic nitrogens is 3. The van der Waals surface area contributed by atoms with Gasteiger partial charge in [-0.3, -0.25) is 4.79 Å². The fraction of sp³-hybridized carbons (Fsp3) is 0.353. The minimum absolute atomic E-state index is 0.0314. The second-order valence-electron chi connectivity index (χ2n) is 5.87. The van der Waals surface area contributed by atoms with Gasteiger partial charge >= 0.3 is 0 Å². The second-order valence-corrected chi connectivity index (χ2v) is 5.87. The van der Waals surface area contributed by atoms with Gasteiger partial charge in [-0.25, -0.2) is 0 Å². The molecule has 1 atom stereocenters. The zero-order chi connectivity index (χ0) is 16.5. The monoisotopic (exact) mass is 326 g/mol. The Morgan fingerprint density at radius 2 is 2.25 bits per heavy atom. The summed E-state index contributed by atoms with van der Waals surface area (Å²) in [5.74, 6) is 0.947. The number of para-hydroxylation sites is 1. The van der Waals surface area contributed by atoms with Crippen molar-refractivity contribution in [3.05, 3.63) is 47.8 Å². The van der Waals surface area contributed by atoms with Gasteiger partial charge in [0.2, 0.25) is 17.7 Å². The number of carbonyl (C=O) groups excluding carboxylic acids is 1. The summed E-state index contributed by atoms with van der Waals surface area (Å²) in [5, 5.41) is 8.98. The van der Waals surface area contributed by atoms with E-state index in [1.807, 2.05) is 30.5 Å². The number of aromatic amines is 1. The minimum atomic E-state index is -0.322. The Labute approximate surface area is 138 Å². The fourth-order valence-corrected chi connectivity index (χ4v) is 3.10. The highest BCUT2D eigenvalue weighted by molar-refractivity contribution is 5.89. The highest BCUT2D eigenvalue weighted by atomic mass is 16.5. The average molecular weight is 326 g/mol. The molecule has 0 aliphatic carbocycles. The highest BCUT2D eigenvalue weighted by Gasteiger charge is 2.32. The van der Waals surface area contributed by atoms with Gasteiger partial charge in [0.05, 0.1) is 19.6 Å². The van der Waals surface area contributed by atoms with Crippen molar-refractivity contribution in [1.82, 2.24) is 20.1 Å². The van der Waals surface area contributed by atoms with Crippen LogP contribution in [-0.4, -0.2) is 45.7 Å². The van der Waals surface area contributed by atoms with Gasteiger partial charge in [-0.15, -0.1) is 10.2 Å². The number of benzene rings is 1. The molecule has 1 amide bonds. The third-order valence-corrected chi connectivity index (χ3v) is 4.29. The molecule has 4 rings (SSSR count). The number of morpholine rings is 1. The van der Waals surface area contributed by atoms with Crippen molar-refractivity contribution in [2.24, 2.45) is 0 Å². The summed E-state index contributed by atoms with van der Waals surface area (Å²) in [6.07, 6.45) is 2.22. The number of aryl methyl sites for hydroxylation is 1. The number of H-pyrrole nitrogens is 1. The van der Waals surface area contributed by atoms with E-state index in [4.69, 9.17) is 9.15 Å². The van der Waals surface area contributed by atoms with E-state index in [-0.39, 0.29) is 11.9 Å². The maximum atomic E-state index is 12.9. The molecular weight excluding hydrogens is 308 g/mol. The van der Waals surface area contributed by atoms with Crippen LogP contribution < -0.4 is 0 Å². The summed E-state index contributed by atoms with van der Waals surface area (Å²) in [6, 6.07) is 7.65. The molecule has 1 N–H and O–H groups in total. The van der Waals surface area contributed by atoms with Gasteiger partial charge in [0.15, 0.2) is 0 Å². The molecule has 24 heavy (non-hydrogen) atoms. The van der Waals surface area contributed by atoms with Gasteiger partial charge in [-0.05, 0) is 11.6 Å². The molecular formula is C17H18N4O3. The van der Waals surface area contributed by atoms with Crippen LogP contribution in [0.5, 0.6) is 0 Å². The number of rotatable bonds is 3. The van der Waals surface area contributed by atoms with Crippen LogP contribution in [0.25, 0.3) is 10.9 Å². The molecule has 124 valence electrons. The summed E-state index contributed by atoms with van der Waals surface area (Å²) in [7, 11) is 0. The van der Waals surface area contributed by atoms with E-state index < -0.39 is 0 Å². The van der Waals surface area contributed by atoms with Crippen molar-refractivity contribution in [3.63, 3.8) is 0 Å². The van der Waals surface area contributed by atoms with Crippen LogP contribution in [0.15, 0.2) is 34.9 Å². The van der Waals surface area contributed by atoms with Crippen LogP contribution in [0.2, 0.25) is 0 Å². The molecule has 1 fully saturated rings. The van der Waals surface area contributed by atoms with E-state index in [2.05, 4.69) is 15.2 Å². The maximum Gasteiger partial charge on any atom is 0.241 e. The molecule has 1 aromatic carbocycles. The van der Waals surface area contributed by atoms with Gasteiger partial charge in [-0.1, -0.05) is 18.2 Å². The minimum Gasteiger partial charge on any atom is -0.423 e. The van der Waals surface area contributed by atoms with Crippen LogP contribution in [0.1, 0.15) is 23.4 Å². The first kappa shape index (κ1) is 14.9. The lowest BCUT2D eigenvalue weighted by Crippen LogP contribution is -2.44. The topological polar surface area (TPSA) is 84.3 Å². The molecule has 2 aromatic heterocycles. The zero-order valence-corrected chi connectivity index (χ0v) is 13.4. The number of hydrogen-bond acceptors (Lipinski definition) is 5. The van der Waals surface area contributed by atoms with Gasteiger partial charge in [0.25, 0.3) is 0 Å². The van der Waals surface area contributed by atoms with Gasteiger partial charge < -0.3 is 19.0 Å². The standard InChI is InChI=1S/C17H18N4O3/c1-11-19-20-17(24-11)15-10-23-7-6-21(15)16(22)8-12-9-18-14-5-3-2-4-13(12)14/h2-5,9,15,18H,6-8,10H2,1H3/t15-/m0/s1. The first-order chi connectivity index (χ1) is 11.7. The number of amides is 1. The Kier molecular flexibility index (Phi) is 3.78. The smallest absolute Gasteiger partial charge is 0.241 e. The van der Waals surface area contributed by atoms with Gasteiger partial charge in [0, 0.05) is 30.6 Å². The van der Waals surface area contributed by atoms with Crippen LogP contribution in [0, 0.1) is 6.92 Å². The Bertz CT molecular complexity index is 869. The van der Waals surface area contributed by atoms with Crippen LogP contribution >= 0.6 is 0 Å². The number of hydrogen-bond donors (Lipinski definition) is 1. The third kappa shape index (κ3) is 2.67. The quantitative estimate of drug-likeness (QED) is 0.796. The molecule has 7 heteroatoms.